The molecule has 1 saturated carbocycles. The zero-order chi connectivity index (χ0) is 18.4. The number of piperidine rings is 1. The molecule has 1 saturated heterocycles. The second-order valence-electron chi connectivity index (χ2n) is 8.20. The Balaban J connectivity index is 0.00000261. The van der Waals surface area contributed by atoms with Gasteiger partial charge in [0.15, 0.2) is 0 Å². The summed E-state index contributed by atoms with van der Waals surface area (Å²) in [4.78, 5) is 17.6. The molecule has 1 aromatic carbocycles. The normalized spacial score (nSPS) is 19.3. The van der Waals surface area contributed by atoms with E-state index < -0.39 is 0 Å². The van der Waals surface area contributed by atoms with Crippen molar-refractivity contribution < 1.29 is 4.79 Å². The van der Waals surface area contributed by atoms with Crippen molar-refractivity contribution in [2.45, 2.75) is 51.6 Å². The summed E-state index contributed by atoms with van der Waals surface area (Å²) in [5.74, 6) is 1.83. The summed E-state index contributed by atoms with van der Waals surface area (Å²) in [7, 11) is 2.02. The molecular weight excluding hydrogens is 358 g/mol. The highest BCUT2D eigenvalue weighted by Gasteiger charge is 2.35. The van der Waals surface area contributed by atoms with E-state index in [0.717, 1.165) is 32.1 Å². The SMILES string of the molecule is CNCCC1CCN(CC(=O)N(Cc2ccccc2)C(C)C2CC2)CC1.Cl. The van der Waals surface area contributed by atoms with E-state index in [1.165, 1.54) is 37.7 Å². The van der Waals surface area contributed by atoms with E-state index in [-0.39, 0.29) is 12.4 Å². The molecule has 0 spiro atoms. The van der Waals surface area contributed by atoms with Crippen LogP contribution in [0.3, 0.4) is 0 Å². The van der Waals surface area contributed by atoms with Gasteiger partial charge in [0.25, 0.3) is 0 Å². The molecule has 152 valence electrons. The lowest BCUT2D eigenvalue weighted by Gasteiger charge is -2.35. The number of nitrogens with one attached hydrogen (secondary N) is 1. The number of hydrogen-bond acceptors (Lipinski definition) is 3. The molecule has 1 heterocycles. The summed E-state index contributed by atoms with van der Waals surface area (Å²) < 4.78 is 0. The summed E-state index contributed by atoms with van der Waals surface area (Å²) >= 11 is 0. The van der Waals surface area contributed by atoms with Crippen molar-refractivity contribution in [2.75, 3.05) is 33.2 Å². The molecule has 0 radical (unpaired) electrons. The van der Waals surface area contributed by atoms with Gasteiger partial charge in [-0.1, -0.05) is 30.3 Å². The lowest BCUT2D eigenvalue weighted by atomic mass is 9.93. The number of rotatable bonds is 9. The predicted molar refractivity (Wildman–Crippen MR) is 114 cm³/mol. The average molecular weight is 394 g/mol. The molecule has 1 atom stereocenters. The van der Waals surface area contributed by atoms with Crippen molar-refractivity contribution in [1.82, 2.24) is 15.1 Å². The highest BCUT2D eigenvalue weighted by molar-refractivity contribution is 5.85. The number of halogens is 1. The van der Waals surface area contributed by atoms with Crippen LogP contribution in [0.5, 0.6) is 0 Å². The van der Waals surface area contributed by atoms with Gasteiger partial charge in [0.1, 0.15) is 0 Å². The smallest absolute Gasteiger partial charge is 0.237 e. The Labute approximate surface area is 171 Å². The third-order valence-electron chi connectivity index (χ3n) is 6.18. The average Bonchev–Trinajstić information content (AvgIpc) is 3.51. The molecule has 0 aromatic heterocycles. The van der Waals surface area contributed by atoms with Gasteiger partial charge in [0, 0.05) is 12.6 Å². The summed E-state index contributed by atoms with van der Waals surface area (Å²) in [5.41, 5.74) is 1.24. The van der Waals surface area contributed by atoms with Gasteiger partial charge in [0.05, 0.1) is 6.54 Å². The first-order valence-corrected chi connectivity index (χ1v) is 10.4. The quantitative estimate of drug-likeness (QED) is 0.696. The Bertz CT molecular complexity index is 556. The van der Waals surface area contributed by atoms with Gasteiger partial charge in [-0.2, -0.15) is 0 Å². The first-order valence-electron chi connectivity index (χ1n) is 10.4. The van der Waals surface area contributed by atoms with Crippen LogP contribution < -0.4 is 5.32 Å². The molecule has 1 unspecified atom stereocenters. The molecule has 0 bridgehead atoms. The lowest BCUT2D eigenvalue weighted by molar-refractivity contribution is -0.136. The summed E-state index contributed by atoms with van der Waals surface area (Å²) in [6.07, 6.45) is 6.27. The number of likely N-dealkylation sites (tertiary alicyclic amines) is 1. The summed E-state index contributed by atoms with van der Waals surface area (Å²) in [6, 6.07) is 10.8. The minimum Gasteiger partial charge on any atom is -0.334 e. The Morgan fingerprint density at radius 1 is 1.19 bits per heavy atom. The predicted octanol–water partition coefficient (Wildman–Crippen LogP) is 3.56. The number of carbonyl (C=O) groups excluding carboxylic acids is 1. The van der Waals surface area contributed by atoms with Crippen LogP contribution in [0.2, 0.25) is 0 Å². The van der Waals surface area contributed by atoms with Gasteiger partial charge in [-0.15, -0.1) is 12.4 Å². The van der Waals surface area contributed by atoms with E-state index in [0.29, 0.717) is 24.4 Å². The van der Waals surface area contributed by atoms with Crippen molar-refractivity contribution in [1.29, 1.82) is 0 Å². The van der Waals surface area contributed by atoms with Crippen LogP contribution in [0.4, 0.5) is 0 Å². The molecule has 1 aliphatic heterocycles. The third-order valence-corrected chi connectivity index (χ3v) is 6.18. The van der Waals surface area contributed by atoms with Gasteiger partial charge >= 0.3 is 0 Å². The Kier molecular flexibility index (Phi) is 9.07. The van der Waals surface area contributed by atoms with Crippen molar-refractivity contribution in [3.05, 3.63) is 35.9 Å². The van der Waals surface area contributed by atoms with Gasteiger partial charge < -0.3 is 10.2 Å². The second kappa shape index (κ2) is 11.0. The van der Waals surface area contributed by atoms with Crippen LogP contribution >= 0.6 is 12.4 Å². The van der Waals surface area contributed by atoms with Gasteiger partial charge in [-0.3, -0.25) is 9.69 Å². The highest BCUT2D eigenvalue weighted by atomic mass is 35.5. The maximum absolute atomic E-state index is 13.1. The van der Waals surface area contributed by atoms with Gasteiger partial charge in [-0.05, 0) is 83.1 Å². The minimum atomic E-state index is 0. The Hall–Kier alpha value is -1.10. The minimum absolute atomic E-state index is 0. The van der Waals surface area contributed by atoms with Crippen LogP contribution in [0, 0.1) is 11.8 Å². The molecule has 3 rings (SSSR count). The summed E-state index contributed by atoms with van der Waals surface area (Å²) in [5, 5.41) is 3.25. The van der Waals surface area contributed by atoms with E-state index in [1.807, 2.05) is 13.1 Å². The first kappa shape index (κ1) is 22.2. The van der Waals surface area contributed by atoms with E-state index in [2.05, 4.69) is 46.3 Å². The van der Waals surface area contributed by atoms with Crippen molar-refractivity contribution in [3.63, 3.8) is 0 Å². The standard InChI is InChI=1S/C22H35N3O.ClH/c1-18(21-8-9-21)25(16-20-6-4-3-5-7-20)22(26)17-24-14-11-19(12-15-24)10-13-23-2;/h3-7,18-19,21,23H,8-17H2,1-2H3;1H. The maximum Gasteiger partial charge on any atom is 0.237 e. The Morgan fingerprint density at radius 3 is 2.44 bits per heavy atom. The van der Waals surface area contributed by atoms with E-state index in [1.54, 1.807) is 0 Å². The first-order chi connectivity index (χ1) is 12.7. The lowest BCUT2D eigenvalue weighted by Crippen LogP contribution is -2.47. The molecule has 27 heavy (non-hydrogen) atoms. The van der Waals surface area contributed by atoms with Crippen LogP contribution in [0.15, 0.2) is 30.3 Å². The molecule has 1 aliphatic carbocycles. The molecule has 2 fully saturated rings. The molecule has 1 aromatic rings. The fourth-order valence-corrected chi connectivity index (χ4v) is 4.14. The van der Waals surface area contributed by atoms with Crippen LogP contribution in [0.25, 0.3) is 0 Å². The maximum atomic E-state index is 13.1. The monoisotopic (exact) mass is 393 g/mol. The largest absolute Gasteiger partial charge is 0.334 e. The van der Waals surface area contributed by atoms with Crippen LogP contribution in [0.1, 0.15) is 44.6 Å². The molecular formula is C22H36ClN3O. The van der Waals surface area contributed by atoms with Gasteiger partial charge in [0.2, 0.25) is 5.91 Å². The number of nitrogens with zero attached hydrogens (tertiary/aromatic N) is 2. The third kappa shape index (κ3) is 6.78. The molecule has 4 nitrogen and oxygen atoms in total. The fourth-order valence-electron chi connectivity index (χ4n) is 4.14. The number of benzene rings is 1. The van der Waals surface area contributed by atoms with E-state index in [4.69, 9.17) is 0 Å². The summed E-state index contributed by atoms with van der Waals surface area (Å²) in [6.45, 7) is 6.81. The molecule has 2 aliphatic rings. The van der Waals surface area contributed by atoms with Crippen molar-refractivity contribution in [3.8, 4) is 0 Å². The zero-order valence-corrected chi connectivity index (χ0v) is 17.7. The fraction of sp³-hybridized carbons (Fsp3) is 0.682. The Morgan fingerprint density at radius 2 is 1.85 bits per heavy atom. The molecule has 5 heteroatoms. The zero-order valence-electron chi connectivity index (χ0n) is 16.9. The molecule has 1 N–H and O–H groups in total. The van der Waals surface area contributed by atoms with Crippen molar-refractivity contribution >= 4 is 18.3 Å². The second-order valence-corrected chi connectivity index (χ2v) is 8.20. The van der Waals surface area contributed by atoms with Crippen LogP contribution in [-0.2, 0) is 11.3 Å². The van der Waals surface area contributed by atoms with Crippen molar-refractivity contribution in [2.24, 2.45) is 11.8 Å². The topological polar surface area (TPSA) is 35.6 Å². The van der Waals surface area contributed by atoms with Crippen LogP contribution in [-0.4, -0.2) is 55.0 Å². The number of hydrogen-bond donors (Lipinski definition) is 1. The van der Waals surface area contributed by atoms with E-state index >= 15 is 0 Å². The number of amides is 1. The van der Waals surface area contributed by atoms with Gasteiger partial charge in [-0.25, -0.2) is 0 Å². The highest BCUT2D eigenvalue weighted by Crippen LogP contribution is 2.35. The number of carbonyl (C=O) groups is 1. The molecule has 1 amide bonds. The van der Waals surface area contributed by atoms with E-state index in [9.17, 15) is 4.79 Å².